The van der Waals surface area contributed by atoms with Crippen molar-refractivity contribution < 1.29 is 9.53 Å². The van der Waals surface area contributed by atoms with Gasteiger partial charge in [0.25, 0.3) is 0 Å². The Labute approximate surface area is 156 Å². The van der Waals surface area contributed by atoms with E-state index in [2.05, 4.69) is 16.9 Å². The van der Waals surface area contributed by atoms with Gasteiger partial charge in [0.1, 0.15) is 0 Å². The number of carbonyl (C=O) groups excluding carboxylic acids is 1. The van der Waals surface area contributed by atoms with E-state index in [1.165, 1.54) is 31.8 Å². The van der Waals surface area contributed by atoms with Crippen LogP contribution in [0.4, 0.5) is 0 Å². The summed E-state index contributed by atoms with van der Waals surface area (Å²) >= 11 is 0. The highest BCUT2D eigenvalue weighted by Crippen LogP contribution is 2.16. The molecule has 26 heavy (non-hydrogen) atoms. The summed E-state index contributed by atoms with van der Waals surface area (Å²) in [5.74, 6) is -0.320. The van der Waals surface area contributed by atoms with Crippen LogP contribution in [0.2, 0.25) is 0 Å². The van der Waals surface area contributed by atoms with E-state index in [0.29, 0.717) is 0 Å². The minimum Gasteiger partial charge on any atom is -0.388 e. The van der Waals surface area contributed by atoms with Crippen LogP contribution in [0.25, 0.3) is 0 Å². The number of rotatable bonds is 10. The Kier molecular flexibility index (Phi) is 8.53. The number of ether oxygens (including phenoxy) is 1. The van der Waals surface area contributed by atoms with Gasteiger partial charge in [-0.15, -0.1) is 0 Å². The zero-order valence-corrected chi connectivity index (χ0v) is 15.7. The molecule has 0 saturated heterocycles. The number of carbonyl (C=O) groups is 1. The van der Waals surface area contributed by atoms with E-state index < -0.39 is 5.97 Å². The van der Waals surface area contributed by atoms with E-state index in [9.17, 15) is 4.79 Å². The third-order valence-corrected chi connectivity index (χ3v) is 4.29. The summed E-state index contributed by atoms with van der Waals surface area (Å²) in [6, 6.07) is 10.1. The molecule has 0 aliphatic carbocycles. The molecule has 0 spiro atoms. The van der Waals surface area contributed by atoms with Crippen LogP contribution in [0, 0.1) is 0 Å². The summed E-state index contributed by atoms with van der Waals surface area (Å²) in [5, 5.41) is 0. The van der Waals surface area contributed by atoms with Gasteiger partial charge in [0, 0.05) is 18.5 Å². The molecule has 0 aliphatic rings. The van der Waals surface area contributed by atoms with Gasteiger partial charge in [-0.2, -0.15) is 0 Å². The van der Waals surface area contributed by atoms with Crippen LogP contribution in [-0.4, -0.2) is 15.9 Å². The third-order valence-electron chi connectivity index (χ3n) is 4.29. The molecule has 2 rings (SSSR count). The Morgan fingerprint density at radius 1 is 1.08 bits per heavy atom. The van der Waals surface area contributed by atoms with Crippen LogP contribution in [0.1, 0.15) is 63.0 Å². The fourth-order valence-electron chi connectivity index (χ4n) is 2.67. The number of benzene rings is 1. The number of nitrogens with zero attached hydrogens (tertiary/aromatic N) is 2. The van der Waals surface area contributed by atoms with Gasteiger partial charge in [-0.05, 0) is 29.9 Å². The molecule has 1 unspecified atom stereocenters. The smallest absolute Gasteiger partial charge is 0.338 e. The lowest BCUT2D eigenvalue weighted by atomic mass is 10.0. The standard InChI is InChI=1S/C22H28N2O2/c1-3-4-5-6-8-11-19-16-23-22(24-17-19)26-21(25)15-14-18(2)20-12-9-7-10-13-20/h7,9-10,12-18H,3-6,8,11H2,1-2H3/b15-14+. The number of hydrogen-bond acceptors (Lipinski definition) is 4. The van der Waals surface area contributed by atoms with Gasteiger partial charge in [0.2, 0.25) is 0 Å². The molecule has 1 aromatic heterocycles. The molecule has 0 saturated carbocycles. The summed E-state index contributed by atoms with van der Waals surface area (Å²) in [6.45, 7) is 4.25. The molecular formula is C22H28N2O2. The lowest BCUT2D eigenvalue weighted by molar-refractivity contribution is -0.129. The normalized spacial score (nSPS) is 12.2. The summed E-state index contributed by atoms with van der Waals surface area (Å²) in [7, 11) is 0. The summed E-state index contributed by atoms with van der Waals surface area (Å²) in [5.41, 5.74) is 2.23. The second-order valence-corrected chi connectivity index (χ2v) is 6.52. The monoisotopic (exact) mass is 352 g/mol. The number of aryl methyl sites for hydroxylation is 1. The van der Waals surface area contributed by atoms with Crippen molar-refractivity contribution in [3.8, 4) is 6.01 Å². The number of unbranched alkanes of at least 4 members (excludes halogenated alkanes) is 4. The number of esters is 1. The van der Waals surface area contributed by atoms with Crippen LogP contribution in [0.5, 0.6) is 6.01 Å². The molecule has 0 bridgehead atoms. The molecule has 4 nitrogen and oxygen atoms in total. The number of hydrogen-bond donors (Lipinski definition) is 0. The Hall–Kier alpha value is -2.49. The first-order chi connectivity index (χ1) is 12.7. The highest BCUT2D eigenvalue weighted by atomic mass is 16.5. The SMILES string of the molecule is CCCCCCCc1cnc(OC(=O)/C=C/C(C)c2ccccc2)nc1. The lowest BCUT2D eigenvalue weighted by Crippen LogP contribution is -2.07. The molecule has 4 heteroatoms. The fraction of sp³-hybridized carbons (Fsp3) is 0.409. The maximum absolute atomic E-state index is 11.9. The molecule has 0 radical (unpaired) electrons. The Morgan fingerprint density at radius 2 is 1.77 bits per heavy atom. The van der Waals surface area contributed by atoms with Crippen LogP contribution >= 0.6 is 0 Å². The molecule has 1 heterocycles. The van der Waals surface area contributed by atoms with E-state index in [4.69, 9.17) is 4.74 Å². The van der Waals surface area contributed by atoms with Crippen molar-refractivity contribution in [2.75, 3.05) is 0 Å². The van der Waals surface area contributed by atoms with Gasteiger partial charge in [-0.25, -0.2) is 14.8 Å². The van der Waals surface area contributed by atoms with Gasteiger partial charge in [-0.1, -0.05) is 75.9 Å². The average Bonchev–Trinajstić information content (AvgIpc) is 2.68. The molecule has 0 aliphatic heterocycles. The highest BCUT2D eigenvalue weighted by molar-refractivity contribution is 5.83. The van der Waals surface area contributed by atoms with Crippen molar-refractivity contribution in [2.24, 2.45) is 0 Å². The van der Waals surface area contributed by atoms with E-state index in [1.807, 2.05) is 43.3 Å². The molecule has 1 aromatic carbocycles. The summed E-state index contributed by atoms with van der Waals surface area (Å²) in [4.78, 5) is 20.2. The van der Waals surface area contributed by atoms with Gasteiger partial charge in [-0.3, -0.25) is 0 Å². The first-order valence-electron chi connectivity index (χ1n) is 9.45. The summed E-state index contributed by atoms with van der Waals surface area (Å²) < 4.78 is 5.17. The fourth-order valence-corrected chi connectivity index (χ4v) is 2.67. The van der Waals surface area contributed by atoms with E-state index in [1.54, 1.807) is 12.4 Å². The van der Waals surface area contributed by atoms with Gasteiger partial charge >= 0.3 is 12.0 Å². The maximum Gasteiger partial charge on any atom is 0.338 e. The van der Waals surface area contributed by atoms with Crippen LogP contribution in [0.3, 0.4) is 0 Å². The number of aromatic nitrogens is 2. The first-order valence-corrected chi connectivity index (χ1v) is 9.45. The van der Waals surface area contributed by atoms with Crippen molar-refractivity contribution in [2.45, 2.75) is 58.3 Å². The van der Waals surface area contributed by atoms with Crippen LogP contribution < -0.4 is 4.74 Å². The van der Waals surface area contributed by atoms with Crippen molar-refractivity contribution in [3.63, 3.8) is 0 Å². The molecule has 138 valence electrons. The zero-order chi connectivity index (χ0) is 18.6. The van der Waals surface area contributed by atoms with Gasteiger partial charge < -0.3 is 4.74 Å². The van der Waals surface area contributed by atoms with Gasteiger partial charge in [0.05, 0.1) is 0 Å². The predicted molar refractivity (Wildman–Crippen MR) is 104 cm³/mol. The third kappa shape index (κ3) is 7.18. The van der Waals surface area contributed by atoms with Crippen molar-refractivity contribution in [1.82, 2.24) is 9.97 Å². The largest absolute Gasteiger partial charge is 0.388 e. The van der Waals surface area contributed by atoms with E-state index in [-0.39, 0.29) is 11.9 Å². The molecular weight excluding hydrogens is 324 g/mol. The van der Waals surface area contributed by atoms with Crippen LogP contribution in [-0.2, 0) is 11.2 Å². The summed E-state index contributed by atoms with van der Waals surface area (Å²) in [6.07, 6.45) is 13.9. The predicted octanol–water partition coefficient (Wildman–Crippen LogP) is 5.25. The lowest BCUT2D eigenvalue weighted by Gasteiger charge is -2.05. The minimum atomic E-state index is -0.458. The topological polar surface area (TPSA) is 52.1 Å². The second kappa shape index (κ2) is 11.2. The van der Waals surface area contributed by atoms with Crippen molar-refractivity contribution in [1.29, 1.82) is 0 Å². The molecule has 0 fully saturated rings. The van der Waals surface area contributed by atoms with Crippen LogP contribution in [0.15, 0.2) is 54.9 Å². The maximum atomic E-state index is 11.9. The molecule has 0 N–H and O–H groups in total. The van der Waals surface area contributed by atoms with Crippen molar-refractivity contribution >= 4 is 5.97 Å². The van der Waals surface area contributed by atoms with Gasteiger partial charge in [0.15, 0.2) is 0 Å². The number of allylic oxidation sites excluding steroid dienone is 1. The average molecular weight is 352 g/mol. The Balaban J connectivity index is 1.77. The van der Waals surface area contributed by atoms with E-state index >= 15 is 0 Å². The highest BCUT2D eigenvalue weighted by Gasteiger charge is 2.06. The molecule has 2 aromatic rings. The first kappa shape index (κ1) is 19.8. The van der Waals surface area contributed by atoms with E-state index in [0.717, 1.165) is 24.0 Å². The molecule has 1 atom stereocenters. The minimum absolute atomic E-state index is 0.0988. The van der Waals surface area contributed by atoms with Crippen molar-refractivity contribution in [3.05, 3.63) is 66.0 Å². The second-order valence-electron chi connectivity index (χ2n) is 6.52. The molecule has 0 amide bonds. The quantitative estimate of drug-likeness (QED) is 0.333. The Bertz CT molecular complexity index is 681. The zero-order valence-electron chi connectivity index (χ0n) is 15.7. The Morgan fingerprint density at radius 3 is 2.46 bits per heavy atom.